The molecule has 1 saturated carbocycles. The van der Waals surface area contributed by atoms with Crippen molar-refractivity contribution in [1.29, 1.82) is 0 Å². The molecule has 1 aliphatic carbocycles. The van der Waals surface area contributed by atoms with Crippen LogP contribution in [0.1, 0.15) is 39.5 Å². The molecule has 0 unspecified atom stereocenters. The van der Waals surface area contributed by atoms with Crippen molar-refractivity contribution in [2.24, 2.45) is 10.8 Å². The second kappa shape index (κ2) is 6.89. The van der Waals surface area contributed by atoms with Gasteiger partial charge in [-0.15, -0.1) is 0 Å². The summed E-state index contributed by atoms with van der Waals surface area (Å²) in [6.07, 6.45) is 5.35. The zero-order valence-electron chi connectivity index (χ0n) is 9.22. The van der Waals surface area contributed by atoms with Crippen molar-refractivity contribution >= 4 is 60.6 Å². The third kappa shape index (κ3) is 5.09. The average Bonchev–Trinajstić information content (AvgIpc) is 2.20. The predicted octanol–water partition coefficient (Wildman–Crippen LogP) is 5.67. The first-order chi connectivity index (χ1) is 7.04. The fraction of sp³-hybridized carbons (Fsp3) is 1.00. The third-order valence-corrected chi connectivity index (χ3v) is 6.06. The van der Waals surface area contributed by atoms with Crippen LogP contribution in [0.2, 0.25) is 0 Å². The molecule has 0 saturated heterocycles. The van der Waals surface area contributed by atoms with E-state index < -0.39 is 0 Å². The summed E-state index contributed by atoms with van der Waals surface area (Å²) in [7, 11) is 3.41. The molecule has 0 aromatic heterocycles. The molecular weight excluding hydrogens is 454 g/mol. The number of hydrogen-bond donors (Lipinski definition) is 0. The van der Waals surface area contributed by atoms with Crippen molar-refractivity contribution in [2.45, 2.75) is 39.5 Å². The zero-order chi connectivity index (χ0) is 11.4. The smallest absolute Gasteiger partial charge is 0.0687 e. The molecule has 0 spiro atoms. The van der Waals surface area contributed by atoms with E-state index >= 15 is 0 Å². The van der Waals surface area contributed by atoms with Crippen LogP contribution in [0.3, 0.4) is 0 Å². The van der Waals surface area contributed by atoms with Gasteiger partial charge >= 0.3 is 0 Å². The van der Waals surface area contributed by atoms with E-state index in [1.165, 1.54) is 40.7 Å². The van der Waals surface area contributed by atoms with Crippen molar-refractivity contribution in [2.75, 3.05) is 12.4 Å². The highest BCUT2D eigenvalue weighted by Gasteiger charge is 2.38. The Bertz CT molecular complexity index is 190. The van der Waals surface area contributed by atoms with Gasteiger partial charge in [0.2, 0.25) is 0 Å². The standard InChI is InChI=1S/C10H18I2OS2/c1-9(2)3-5-10(6-4-9,8-14-11)7-13-15-12/h3-8H2,1-2H3. The summed E-state index contributed by atoms with van der Waals surface area (Å²) < 4.78 is 5.58. The molecule has 0 aromatic carbocycles. The van der Waals surface area contributed by atoms with Gasteiger partial charge in [0, 0.05) is 32.4 Å². The van der Waals surface area contributed by atoms with Gasteiger partial charge in [0.1, 0.15) is 0 Å². The van der Waals surface area contributed by atoms with Crippen molar-refractivity contribution in [3.8, 4) is 0 Å². The van der Waals surface area contributed by atoms with E-state index in [1.54, 1.807) is 0 Å². The normalized spacial score (nSPS) is 24.0. The molecule has 5 heteroatoms. The van der Waals surface area contributed by atoms with E-state index in [-0.39, 0.29) is 0 Å². The summed E-state index contributed by atoms with van der Waals surface area (Å²) in [5, 5.41) is 0. The highest BCUT2D eigenvalue weighted by atomic mass is 127. The summed E-state index contributed by atoms with van der Waals surface area (Å²) in [6, 6.07) is 0. The minimum atomic E-state index is 0.444. The fourth-order valence-electron chi connectivity index (χ4n) is 2.05. The van der Waals surface area contributed by atoms with E-state index in [4.69, 9.17) is 4.18 Å². The fourth-order valence-corrected chi connectivity index (χ4v) is 5.31. The van der Waals surface area contributed by atoms with E-state index in [0.29, 0.717) is 10.8 Å². The molecule has 0 aromatic rings. The van der Waals surface area contributed by atoms with Crippen LogP contribution in [0.4, 0.5) is 0 Å². The van der Waals surface area contributed by atoms with Crippen LogP contribution in [-0.4, -0.2) is 12.4 Å². The van der Waals surface area contributed by atoms with Gasteiger partial charge in [0.25, 0.3) is 0 Å². The largest absolute Gasteiger partial charge is 0.305 e. The monoisotopic (exact) mass is 472 g/mol. The highest BCUT2D eigenvalue weighted by molar-refractivity contribution is 14.2. The summed E-state index contributed by atoms with van der Waals surface area (Å²) in [5.74, 6) is 1.24. The molecule has 1 fully saturated rings. The Morgan fingerprint density at radius 2 is 1.73 bits per heavy atom. The second-order valence-electron chi connectivity index (χ2n) is 5.24. The van der Waals surface area contributed by atoms with Gasteiger partial charge in [-0.1, -0.05) is 22.8 Å². The lowest BCUT2D eigenvalue weighted by Crippen LogP contribution is -2.36. The van der Waals surface area contributed by atoms with E-state index in [0.717, 1.165) is 6.61 Å². The maximum absolute atomic E-state index is 5.58. The molecule has 0 heterocycles. The van der Waals surface area contributed by atoms with Gasteiger partial charge in [-0.2, -0.15) is 0 Å². The number of rotatable bonds is 5. The topological polar surface area (TPSA) is 9.23 Å². The molecule has 1 rings (SSSR count). The van der Waals surface area contributed by atoms with Gasteiger partial charge in [-0.25, -0.2) is 0 Å². The second-order valence-corrected chi connectivity index (χ2v) is 9.06. The number of hydrogen-bond acceptors (Lipinski definition) is 3. The molecule has 0 radical (unpaired) electrons. The van der Waals surface area contributed by atoms with Crippen LogP contribution >= 0.6 is 60.6 Å². The van der Waals surface area contributed by atoms with E-state index in [2.05, 4.69) is 56.3 Å². The molecule has 90 valence electrons. The molecule has 0 amide bonds. The maximum atomic E-state index is 5.58. The van der Waals surface area contributed by atoms with Crippen molar-refractivity contribution < 1.29 is 4.18 Å². The van der Waals surface area contributed by atoms with Crippen LogP contribution < -0.4 is 0 Å². The molecular formula is C10H18I2OS2. The quantitative estimate of drug-likeness (QED) is 0.377. The Kier molecular flexibility index (Phi) is 6.98. The van der Waals surface area contributed by atoms with Crippen LogP contribution in [0, 0.1) is 10.8 Å². The molecule has 0 atom stereocenters. The van der Waals surface area contributed by atoms with E-state index in [9.17, 15) is 0 Å². The van der Waals surface area contributed by atoms with Gasteiger partial charge in [0.05, 0.1) is 15.8 Å². The van der Waals surface area contributed by atoms with Gasteiger partial charge in [0.15, 0.2) is 0 Å². The Labute approximate surface area is 126 Å². The van der Waals surface area contributed by atoms with Crippen molar-refractivity contribution in [3.63, 3.8) is 0 Å². The zero-order valence-corrected chi connectivity index (χ0v) is 15.2. The van der Waals surface area contributed by atoms with Crippen LogP contribution in [0.15, 0.2) is 0 Å². The van der Waals surface area contributed by atoms with E-state index in [1.807, 2.05) is 8.93 Å². The molecule has 15 heavy (non-hydrogen) atoms. The Hall–Kier alpha value is 2.12. The lowest BCUT2D eigenvalue weighted by molar-refractivity contribution is 0.0795. The first kappa shape index (κ1) is 15.2. The Balaban J connectivity index is 2.52. The van der Waals surface area contributed by atoms with Crippen molar-refractivity contribution in [1.82, 2.24) is 0 Å². The van der Waals surface area contributed by atoms with Gasteiger partial charge < -0.3 is 4.18 Å². The average molecular weight is 472 g/mol. The molecule has 0 N–H and O–H groups in total. The summed E-state index contributed by atoms with van der Waals surface area (Å²) >= 11 is 4.62. The lowest BCUT2D eigenvalue weighted by atomic mass is 9.66. The Morgan fingerprint density at radius 1 is 1.13 bits per heavy atom. The molecule has 1 nitrogen and oxygen atoms in total. The minimum Gasteiger partial charge on any atom is -0.305 e. The first-order valence-electron chi connectivity index (χ1n) is 5.17. The highest BCUT2D eigenvalue weighted by Crippen LogP contribution is 2.48. The lowest BCUT2D eigenvalue weighted by Gasteiger charge is -2.42. The van der Waals surface area contributed by atoms with Gasteiger partial charge in [-0.05, 0) is 52.3 Å². The third-order valence-electron chi connectivity index (χ3n) is 3.43. The molecule has 0 aliphatic heterocycles. The molecule has 0 bridgehead atoms. The van der Waals surface area contributed by atoms with Crippen molar-refractivity contribution in [3.05, 3.63) is 0 Å². The SMILES string of the molecule is CC1(C)CCC(COSI)(CSI)CC1. The maximum Gasteiger partial charge on any atom is 0.0687 e. The summed E-state index contributed by atoms with van der Waals surface area (Å²) in [4.78, 5) is 0. The van der Waals surface area contributed by atoms with Crippen LogP contribution in [0.5, 0.6) is 0 Å². The van der Waals surface area contributed by atoms with Gasteiger partial charge in [-0.3, -0.25) is 0 Å². The first-order valence-corrected chi connectivity index (χ1v) is 12.0. The van der Waals surface area contributed by atoms with Crippen LogP contribution in [-0.2, 0) is 4.18 Å². The predicted molar refractivity (Wildman–Crippen MR) is 88.7 cm³/mol. The molecule has 1 aliphatic rings. The van der Waals surface area contributed by atoms with Crippen LogP contribution in [0.25, 0.3) is 0 Å². The Morgan fingerprint density at radius 3 is 2.20 bits per heavy atom. The minimum absolute atomic E-state index is 0.444. The summed E-state index contributed by atoms with van der Waals surface area (Å²) in [6.45, 7) is 5.71. The summed E-state index contributed by atoms with van der Waals surface area (Å²) in [5.41, 5.74) is 0.996. The number of halogens is 2.